The van der Waals surface area contributed by atoms with Crippen molar-refractivity contribution in [2.75, 3.05) is 5.32 Å². The summed E-state index contributed by atoms with van der Waals surface area (Å²) in [6.07, 6.45) is 4.85. The lowest BCUT2D eigenvalue weighted by Crippen LogP contribution is -2.13. The van der Waals surface area contributed by atoms with Crippen molar-refractivity contribution in [3.63, 3.8) is 0 Å². The van der Waals surface area contributed by atoms with Crippen molar-refractivity contribution >= 4 is 11.6 Å². The van der Waals surface area contributed by atoms with Crippen LogP contribution in [0.25, 0.3) is 5.82 Å². The maximum atomic E-state index is 12.6. The van der Waals surface area contributed by atoms with Gasteiger partial charge in [0, 0.05) is 36.0 Å². The number of nitrogens with one attached hydrogen (secondary N) is 1. The van der Waals surface area contributed by atoms with E-state index in [1.165, 1.54) is 0 Å². The lowest BCUT2D eigenvalue weighted by atomic mass is 10.2. The number of ether oxygens (including phenoxy) is 1. The second-order valence-electron chi connectivity index (χ2n) is 6.51. The first-order valence-electron chi connectivity index (χ1n) is 9.07. The molecule has 0 atom stereocenters. The van der Waals surface area contributed by atoms with E-state index in [0.717, 1.165) is 11.4 Å². The molecule has 4 aromatic rings. The van der Waals surface area contributed by atoms with Gasteiger partial charge in [-0.05, 0) is 56.3 Å². The number of carbonyl (C=O) groups excluding carboxylic acids is 1. The Bertz CT molecular complexity index is 1140. The van der Waals surface area contributed by atoms with Gasteiger partial charge in [0.2, 0.25) is 0 Å². The fourth-order valence-electron chi connectivity index (χ4n) is 2.89. The highest BCUT2D eigenvalue weighted by Gasteiger charge is 2.10. The van der Waals surface area contributed by atoms with Gasteiger partial charge in [0.1, 0.15) is 11.5 Å². The van der Waals surface area contributed by atoms with Crippen LogP contribution in [0.2, 0.25) is 0 Å². The van der Waals surface area contributed by atoms with Gasteiger partial charge in [-0.1, -0.05) is 6.07 Å². The number of nitrogens with zero attached hydrogens (tertiary/aromatic N) is 4. The van der Waals surface area contributed by atoms with Gasteiger partial charge >= 0.3 is 0 Å². The summed E-state index contributed by atoms with van der Waals surface area (Å²) in [5, 5.41) is 7.27. The molecule has 144 valence electrons. The number of amides is 1. The largest absolute Gasteiger partial charge is 0.457 e. The van der Waals surface area contributed by atoms with E-state index in [4.69, 9.17) is 4.74 Å². The predicted molar refractivity (Wildman–Crippen MR) is 110 cm³/mol. The molecular formula is C22H19N5O2. The molecule has 0 spiro atoms. The summed E-state index contributed by atoms with van der Waals surface area (Å²) in [5.74, 6) is 1.71. The Kier molecular flexibility index (Phi) is 5.03. The highest BCUT2D eigenvalue weighted by molar-refractivity contribution is 6.04. The molecule has 1 aromatic carbocycles. The van der Waals surface area contributed by atoms with Crippen molar-refractivity contribution in [1.82, 2.24) is 19.7 Å². The molecule has 1 amide bonds. The average Bonchev–Trinajstić information content (AvgIpc) is 3.07. The van der Waals surface area contributed by atoms with Gasteiger partial charge in [0.05, 0.1) is 11.3 Å². The van der Waals surface area contributed by atoms with E-state index in [9.17, 15) is 4.79 Å². The second kappa shape index (κ2) is 7.93. The third-order valence-electron chi connectivity index (χ3n) is 4.21. The van der Waals surface area contributed by atoms with Crippen LogP contribution in [0.1, 0.15) is 21.7 Å². The molecule has 1 N–H and O–H groups in total. The van der Waals surface area contributed by atoms with Gasteiger partial charge in [0.15, 0.2) is 5.82 Å². The predicted octanol–water partition coefficient (Wildman–Crippen LogP) is 4.32. The van der Waals surface area contributed by atoms with Gasteiger partial charge in [-0.25, -0.2) is 9.67 Å². The van der Waals surface area contributed by atoms with Crippen LogP contribution in [0.3, 0.4) is 0 Å². The summed E-state index contributed by atoms with van der Waals surface area (Å²) in [7, 11) is 0. The molecule has 0 radical (unpaired) electrons. The lowest BCUT2D eigenvalue weighted by molar-refractivity contribution is 0.102. The SMILES string of the molecule is Cc1cc(C)n(-c2ccc(C(=O)Nc3cccc(Oc4ccncc4)c3)cn2)n1. The summed E-state index contributed by atoms with van der Waals surface area (Å²) in [4.78, 5) is 20.9. The molecule has 0 unspecified atom stereocenters. The van der Waals surface area contributed by atoms with Gasteiger partial charge in [-0.15, -0.1) is 0 Å². The molecule has 29 heavy (non-hydrogen) atoms. The molecule has 7 nitrogen and oxygen atoms in total. The van der Waals surface area contributed by atoms with Crippen molar-refractivity contribution < 1.29 is 9.53 Å². The Labute approximate surface area is 168 Å². The fraction of sp³-hybridized carbons (Fsp3) is 0.0909. The molecule has 0 bridgehead atoms. The highest BCUT2D eigenvalue weighted by Crippen LogP contribution is 2.24. The zero-order valence-corrected chi connectivity index (χ0v) is 16.0. The number of carbonyl (C=O) groups is 1. The quantitative estimate of drug-likeness (QED) is 0.553. The number of aryl methyl sites for hydroxylation is 2. The number of anilines is 1. The molecule has 0 aliphatic carbocycles. The minimum absolute atomic E-state index is 0.251. The molecule has 0 aliphatic rings. The van der Waals surface area contributed by atoms with Crippen LogP contribution in [0.15, 0.2) is 73.2 Å². The Balaban J connectivity index is 1.46. The van der Waals surface area contributed by atoms with E-state index in [1.54, 1.807) is 59.7 Å². The Morgan fingerprint density at radius 3 is 2.52 bits per heavy atom. The minimum Gasteiger partial charge on any atom is -0.457 e. The van der Waals surface area contributed by atoms with Crippen molar-refractivity contribution in [3.8, 4) is 17.3 Å². The monoisotopic (exact) mass is 385 g/mol. The molecule has 7 heteroatoms. The van der Waals surface area contributed by atoms with E-state index in [2.05, 4.69) is 20.4 Å². The fourth-order valence-corrected chi connectivity index (χ4v) is 2.89. The number of benzene rings is 1. The average molecular weight is 385 g/mol. The number of rotatable bonds is 5. The van der Waals surface area contributed by atoms with Crippen LogP contribution in [0, 0.1) is 13.8 Å². The van der Waals surface area contributed by atoms with Gasteiger partial charge in [0.25, 0.3) is 5.91 Å². The standard InChI is InChI=1S/C22H19N5O2/c1-15-12-16(2)27(26-15)21-7-6-17(14-24-21)22(28)25-18-4-3-5-20(13-18)29-19-8-10-23-11-9-19/h3-14H,1-2H3,(H,25,28). The zero-order chi connectivity index (χ0) is 20.2. The van der Waals surface area contributed by atoms with Crippen LogP contribution in [-0.4, -0.2) is 25.7 Å². The number of hydrogen-bond acceptors (Lipinski definition) is 5. The van der Waals surface area contributed by atoms with Gasteiger partial charge in [-0.3, -0.25) is 9.78 Å². The smallest absolute Gasteiger partial charge is 0.257 e. The van der Waals surface area contributed by atoms with Crippen molar-refractivity contribution in [2.24, 2.45) is 0 Å². The summed E-state index contributed by atoms with van der Waals surface area (Å²) in [5.41, 5.74) is 2.98. The molecule has 0 saturated carbocycles. The Hall–Kier alpha value is -4.00. The summed E-state index contributed by atoms with van der Waals surface area (Å²) < 4.78 is 7.52. The topological polar surface area (TPSA) is 81.9 Å². The molecule has 0 aliphatic heterocycles. The van der Waals surface area contributed by atoms with E-state index >= 15 is 0 Å². The normalized spacial score (nSPS) is 10.6. The van der Waals surface area contributed by atoms with E-state index in [-0.39, 0.29) is 5.91 Å². The Morgan fingerprint density at radius 2 is 1.83 bits per heavy atom. The first kappa shape index (κ1) is 18.4. The molecule has 3 heterocycles. The second-order valence-corrected chi connectivity index (χ2v) is 6.51. The van der Waals surface area contributed by atoms with Crippen molar-refractivity contribution in [1.29, 1.82) is 0 Å². The summed E-state index contributed by atoms with van der Waals surface area (Å²) in [6.45, 7) is 3.89. The first-order valence-corrected chi connectivity index (χ1v) is 9.07. The Morgan fingerprint density at radius 1 is 1.00 bits per heavy atom. The summed E-state index contributed by atoms with van der Waals surface area (Å²) in [6, 6.07) is 16.2. The van der Waals surface area contributed by atoms with E-state index in [1.807, 2.05) is 32.0 Å². The van der Waals surface area contributed by atoms with Gasteiger partial charge in [-0.2, -0.15) is 5.10 Å². The van der Waals surface area contributed by atoms with Crippen LogP contribution < -0.4 is 10.1 Å². The molecule has 4 rings (SSSR count). The maximum Gasteiger partial charge on any atom is 0.257 e. The molecule has 0 saturated heterocycles. The number of hydrogen-bond donors (Lipinski definition) is 1. The zero-order valence-electron chi connectivity index (χ0n) is 16.0. The lowest BCUT2D eigenvalue weighted by Gasteiger charge is -2.09. The third kappa shape index (κ3) is 4.30. The number of pyridine rings is 2. The van der Waals surface area contributed by atoms with Crippen LogP contribution in [0.5, 0.6) is 11.5 Å². The van der Waals surface area contributed by atoms with Crippen LogP contribution >= 0.6 is 0 Å². The highest BCUT2D eigenvalue weighted by atomic mass is 16.5. The summed E-state index contributed by atoms with van der Waals surface area (Å²) >= 11 is 0. The molecule has 3 aromatic heterocycles. The van der Waals surface area contributed by atoms with Gasteiger partial charge < -0.3 is 10.1 Å². The van der Waals surface area contributed by atoms with Crippen LogP contribution in [-0.2, 0) is 0 Å². The maximum absolute atomic E-state index is 12.6. The third-order valence-corrected chi connectivity index (χ3v) is 4.21. The minimum atomic E-state index is -0.251. The molecule has 0 fully saturated rings. The van der Waals surface area contributed by atoms with Crippen molar-refractivity contribution in [2.45, 2.75) is 13.8 Å². The van der Waals surface area contributed by atoms with E-state index < -0.39 is 0 Å². The molecular weight excluding hydrogens is 366 g/mol. The van der Waals surface area contributed by atoms with Crippen molar-refractivity contribution in [3.05, 3.63) is 90.1 Å². The van der Waals surface area contributed by atoms with Crippen LogP contribution in [0.4, 0.5) is 5.69 Å². The number of aromatic nitrogens is 4. The first-order chi connectivity index (χ1) is 14.1. The van der Waals surface area contributed by atoms with E-state index in [0.29, 0.717) is 28.6 Å².